The second-order valence-electron chi connectivity index (χ2n) is 1.28. The van der Waals surface area contributed by atoms with Gasteiger partial charge in [0, 0.05) is 6.92 Å². The van der Waals surface area contributed by atoms with Gasteiger partial charge in [-0.2, -0.15) is 0 Å². The number of nitrogens with two attached hydrogens (primary N) is 1. The largest absolute Gasteiger partial charge is 0.426 e. The van der Waals surface area contributed by atoms with Gasteiger partial charge in [0.1, 0.15) is 0 Å². The Morgan fingerprint density at radius 3 is 2.71 bits per heavy atom. The molecule has 0 saturated heterocycles. The van der Waals surface area contributed by atoms with Crippen LogP contribution in [-0.2, 0) is 0 Å². The third-order valence-corrected chi connectivity index (χ3v) is 0.639. The summed E-state index contributed by atoms with van der Waals surface area (Å²) in [6, 6.07) is 0. The van der Waals surface area contributed by atoms with E-state index in [-0.39, 0.29) is 0 Å². The molecule has 0 aromatic carbocycles. The third kappa shape index (κ3) is 0.707. The van der Waals surface area contributed by atoms with Gasteiger partial charge in [0.2, 0.25) is 5.88 Å². The van der Waals surface area contributed by atoms with Crippen LogP contribution in [0.3, 0.4) is 0 Å². The van der Waals surface area contributed by atoms with Crippen molar-refractivity contribution in [2.24, 2.45) is 0 Å². The molecule has 0 aliphatic carbocycles. The molecule has 0 bridgehead atoms. The molecule has 2 N–H and O–H groups in total. The van der Waals surface area contributed by atoms with Gasteiger partial charge in [-0.05, 0) is 0 Å². The fourth-order valence-corrected chi connectivity index (χ4v) is 0.378. The molecule has 0 aliphatic heterocycles. The monoisotopic (exact) mass is 98.0 g/mol. The minimum Gasteiger partial charge on any atom is -0.426 e. The van der Waals surface area contributed by atoms with Crippen LogP contribution in [0.2, 0.25) is 0 Å². The topological polar surface area (TPSA) is 52.0 Å². The lowest BCUT2D eigenvalue weighted by Gasteiger charge is -1.74. The van der Waals surface area contributed by atoms with E-state index in [1.807, 2.05) is 0 Å². The average molecular weight is 98.1 g/mol. The first-order valence-corrected chi connectivity index (χ1v) is 1.97. The molecule has 7 heavy (non-hydrogen) atoms. The number of nitrogens with zero attached hydrogens (tertiary/aromatic N) is 1. The first kappa shape index (κ1) is 4.18. The quantitative estimate of drug-likeness (QED) is 0.516. The molecule has 0 aliphatic rings. The van der Waals surface area contributed by atoms with Gasteiger partial charge in [-0.15, -0.1) is 0 Å². The van der Waals surface area contributed by atoms with Crippen LogP contribution < -0.4 is 5.73 Å². The van der Waals surface area contributed by atoms with Gasteiger partial charge in [-0.1, -0.05) is 0 Å². The first-order valence-electron chi connectivity index (χ1n) is 1.97. The zero-order valence-corrected chi connectivity index (χ0v) is 4.01. The van der Waals surface area contributed by atoms with Crippen molar-refractivity contribution in [3.8, 4) is 0 Å². The minimum absolute atomic E-state index is 0.373. The molecule has 3 heteroatoms. The Morgan fingerprint density at radius 1 is 1.86 bits per heavy atom. The van der Waals surface area contributed by atoms with Crippen molar-refractivity contribution >= 4 is 5.88 Å². The normalized spacial score (nSPS) is 9.29. The molecule has 1 aromatic rings. The van der Waals surface area contributed by atoms with Crippen LogP contribution in [0.25, 0.3) is 0 Å². The van der Waals surface area contributed by atoms with Crippen LogP contribution in [-0.4, -0.2) is 4.98 Å². The Balaban J connectivity index is 3.04. The fraction of sp³-hybridized carbons (Fsp3) is 0.250. The lowest BCUT2D eigenvalue weighted by Crippen LogP contribution is -1.75. The number of aryl methyl sites for hydroxylation is 1. The summed E-state index contributed by atoms with van der Waals surface area (Å²) in [6.45, 7) is 1.75. The predicted molar refractivity (Wildman–Crippen MR) is 25.7 cm³/mol. The van der Waals surface area contributed by atoms with Crippen LogP contribution in [0.5, 0.6) is 0 Å². The highest BCUT2D eigenvalue weighted by molar-refractivity contribution is 5.17. The maximum Gasteiger partial charge on any atom is 0.211 e. The molecule has 3 nitrogen and oxygen atoms in total. The van der Waals surface area contributed by atoms with Gasteiger partial charge >= 0.3 is 0 Å². The SMILES string of the molecule is Cc1ncc(N)o1. The number of anilines is 1. The minimum atomic E-state index is 0.373. The maximum absolute atomic E-state index is 5.15. The van der Waals surface area contributed by atoms with E-state index < -0.39 is 0 Å². The van der Waals surface area contributed by atoms with E-state index >= 15 is 0 Å². The molecular formula is C4H6N2O. The molecule has 1 aromatic heterocycles. The number of hydrogen-bond acceptors (Lipinski definition) is 3. The van der Waals surface area contributed by atoms with Crippen LogP contribution in [0.1, 0.15) is 5.89 Å². The number of oxazole rings is 1. The molecule has 0 saturated carbocycles. The van der Waals surface area contributed by atoms with E-state index in [0.29, 0.717) is 11.8 Å². The standard InChI is InChI=1S/C4H6N2O/c1-3-6-2-4(5)7-3/h2H,5H2,1H3. The Kier molecular flexibility index (Phi) is 0.749. The lowest BCUT2D eigenvalue weighted by atomic mass is 10.8. The number of hydrogen-bond donors (Lipinski definition) is 1. The molecule has 0 fully saturated rings. The van der Waals surface area contributed by atoms with Gasteiger partial charge in [0.05, 0.1) is 6.20 Å². The van der Waals surface area contributed by atoms with Crippen molar-refractivity contribution in [1.82, 2.24) is 4.98 Å². The Labute approximate surface area is 41.2 Å². The van der Waals surface area contributed by atoms with Crippen LogP contribution in [0.15, 0.2) is 10.6 Å². The van der Waals surface area contributed by atoms with Gasteiger partial charge in [0.25, 0.3) is 0 Å². The third-order valence-electron chi connectivity index (χ3n) is 0.639. The second-order valence-corrected chi connectivity index (χ2v) is 1.28. The van der Waals surface area contributed by atoms with Crippen molar-refractivity contribution in [2.45, 2.75) is 6.92 Å². The Morgan fingerprint density at radius 2 is 2.57 bits per heavy atom. The fourth-order valence-electron chi connectivity index (χ4n) is 0.378. The van der Waals surface area contributed by atoms with E-state index in [1.54, 1.807) is 6.92 Å². The maximum atomic E-state index is 5.15. The summed E-state index contributed by atoms with van der Waals surface area (Å²) in [5, 5.41) is 0. The number of rotatable bonds is 0. The van der Waals surface area contributed by atoms with Gasteiger partial charge in [-0.25, -0.2) is 4.98 Å². The summed E-state index contributed by atoms with van der Waals surface area (Å²) >= 11 is 0. The van der Waals surface area contributed by atoms with Crippen molar-refractivity contribution < 1.29 is 4.42 Å². The van der Waals surface area contributed by atoms with Crippen LogP contribution in [0, 0.1) is 6.92 Å². The summed E-state index contributed by atoms with van der Waals surface area (Å²) in [7, 11) is 0. The van der Waals surface area contributed by atoms with Gasteiger partial charge < -0.3 is 10.2 Å². The zero-order chi connectivity index (χ0) is 5.28. The van der Waals surface area contributed by atoms with Crippen LogP contribution >= 0.6 is 0 Å². The predicted octanol–water partition coefficient (Wildman–Crippen LogP) is 0.565. The molecule has 0 unspecified atom stereocenters. The smallest absolute Gasteiger partial charge is 0.211 e. The summed E-state index contributed by atoms with van der Waals surface area (Å²) in [6.07, 6.45) is 1.48. The van der Waals surface area contributed by atoms with E-state index in [9.17, 15) is 0 Å². The summed E-state index contributed by atoms with van der Waals surface area (Å²) < 4.78 is 4.75. The summed E-state index contributed by atoms with van der Waals surface area (Å²) in [5.74, 6) is 0.981. The van der Waals surface area contributed by atoms with Crippen LogP contribution in [0.4, 0.5) is 5.88 Å². The molecule has 1 rings (SSSR count). The Hall–Kier alpha value is -0.990. The highest BCUT2D eigenvalue weighted by Crippen LogP contribution is 2.00. The highest BCUT2D eigenvalue weighted by atomic mass is 16.4. The molecular weight excluding hydrogens is 92.1 g/mol. The lowest BCUT2D eigenvalue weighted by molar-refractivity contribution is 0.539. The summed E-state index contributed by atoms with van der Waals surface area (Å²) in [5.41, 5.74) is 5.15. The molecule has 1 heterocycles. The molecule has 0 amide bonds. The molecule has 38 valence electrons. The molecule has 0 radical (unpaired) electrons. The van der Waals surface area contributed by atoms with E-state index in [4.69, 9.17) is 10.2 Å². The molecule has 0 spiro atoms. The van der Waals surface area contributed by atoms with E-state index in [2.05, 4.69) is 4.98 Å². The first-order chi connectivity index (χ1) is 3.29. The Bertz CT molecular complexity index is 142. The highest BCUT2D eigenvalue weighted by Gasteiger charge is 1.88. The van der Waals surface area contributed by atoms with E-state index in [0.717, 1.165) is 0 Å². The van der Waals surface area contributed by atoms with Gasteiger partial charge in [0.15, 0.2) is 5.89 Å². The van der Waals surface area contributed by atoms with E-state index in [1.165, 1.54) is 6.20 Å². The van der Waals surface area contributed by atoms with Gasteiger partial charge in [-0.3, -0.25) is 0 Å². The van der Waals surface area contributed by atoms with Crippen molar-refractivity contribution in [2.75, 3.05) is 5.73 Å². The van der Waals surface area contributed by atoms with Crippen molar-refractivity contribution in [3.05, 3.63) is 12.1 Å². The van der Waals surface area contributed by atoms with Crippen molar-refractivity contribution in [3.63, 3.8) is 0 Å². The zero-order valence-electron chi connectivity index (χ0n) is 4.01. The number of nitrogen functional groups attached to an aromatic ring is 1. The average Bonchev–Trinajstić information content (AvgIpc) is 1.87. The molecule has 0 atom stereocenters. The second kappa shape index (κ2) is 1.26. The number of aromatic nitrogens is 1. The van der Waals surface area contributed by atoms with Crippen molar-refractivity contribution in [1.29, 1.82) is 0 Å². The summed E-state index contributed by atoms with van der Waals surface area (Å²) in [4.78, 5) is 3.72.